The van der Waals surface area contributed by atoms with Crippen molar-refractivity contribution in [3.05, 3.63) is 48.0 Å². The van der Waals surface area contributed by atoms with Crippen molar-refractivity contribution < 1.29 is 4.79 Å². The molecule has 1 heterocycles. The first-order valence-corrected chi connectivity index (χ1v) is 8.26. The van der Waals surface area contributed by atoms with E-state index in [0.29, 0.717) is 12.3 Å². The molecule has 2 aromatic rings. The van der Waals surface area contributed by atoms with E-state index in [9.17, 15) is 4.79 Å². The van der Waals surface area contributed by atoms with Gasteiger partial charge in [0.25, 0.3) is 0 Å². The molecule has 124 valence electrons. The number of aryl methyl sites for hydroxylation is 1. The summed E-state index contributed by atoms with van der Waals surface area (Å²) in [4.78, 5) is 12.0. The van der Waals surface area contributed by atoms with Crippen LogP contribution in [0.2, 0.25) is 0 Å². The third kappa shape index (κ3) is 5.22. The lowest BCUT2D eigenvalue weighted by Gasteiger charge is -2.22. The quantitative estimate of drug-likeness (QED) is 0.882. The Morgan fingerprint density at radius 1 is 1.17 bits per heavy atom. The summed E-state index contributed by atoms with van der Waals surface area (Å²) in [5.41, 5.74) is 1.23. The Morgan fingerprint density at radius 3 is 2.78 bits per heavy atom. The van der Waals surface area contributed by atoms with Crippen LogP contribution in [-0.2, 0) is 11.2 Å². The summed E-state index contributed by atoms with van der Waals surface area (Å²) >= 11 is 0. The van der Waals surface area contributed by atoms with Gasteiger partial charge in [0.1, 0.15) is 0 Å². The first-order valence-electron chi connectivity index (χ1n) is 8.26. The maximum Gasteiger partial charge on any atom is 0.220 e. The van der Waals surface area contributed by atoms with Gasteiger partial charge in [-0.25, -0.2) is 0 Å². The number of piperidine rings is 1. The smallest absolute Gasteiger partial charge is 0.220 e. The van der Waals surface area contributed by atoms with Crippen LogP contribution >= 0.6 is 12.4 Å². The maximum absolute atomic E-state index is 12.0. The molecule has 0 bridgehead atoms. The molecule has 1 saturated heterocycles. The number of fused-ring (bicyclic) bond motifs is 1. The molecular weight excluding hydrogens is 308 g/mol. The van der Waals surface area contributed by atoms with Gasteiger partial charge in [0.05, 0.1) is 0 Å². The number of benzene rings is 2. The Labute approximate surface area is 144 Å². The molecule has 1 amide bonds. The van der Waals surface area contributed by atoms with Gasteiger partial charge in [-0.05, 0) is 54.6 Å². The Kier molecular flexibility index (Phi) is 6.87. The third-order valence-corrected chi connectivity index (χ3v) is 4.44. The first-order chi connectivity index (χ1) is 10.8. The number of nitrogens with one attached hydrogen (secondary N) is 2. The highest BCUT2D eigenvalue weighted by atomic mass is 35.5. The molecule has 0 aliphatic carbocycles. The molecule has 0 radical (unpaired) electrons. The van der Waals surface area contributed by atoms with E-state index in [0.717, 1.165) is 26.1 Å². The lowest BCUT2D eigenvalue weighted by Crippen LogP contribution is -2.38. The second-order valence-corrected chi connectivity index (χ2v) is 6.20. The van der Waals surface area contributed by atoms with E-state index in [2.05, 4.69) is 53.1 Å². The highest BCUT2D eigenvalue weighted by Gasteiger charge is 2.13. The van der Waals surface area contributed by atoms with Crippen LogP contribution in [0.3, 0.4) is 0 Å². The molecule has 0 spiro atoms. The van der Waals surface area contributed by atoms with Crippen LogP contribution in [0, 0.1) is 5.92 Å². The van der Waals surface area contributed by atoms with Crippen molar-refractivity contribution in [2.45, 2.75) is 25.7 Å². The largest absolute Gasteiger partial charge is 0.356 e. The van der Waals surface area contributed by atoms with Gasteiger partial charge in [-0.3, -0.25) is 4.79 Å². The zero-order chi connectivity index (χ0) is 15.2. The molecule has 3 nitrogen and oxygen atoms in total. The number of carbonyl (C=O) groups excluding carboxylic acids is 1. The average Bonchev–Trinajstić information content (AvgIpc) is 2.59. The summed E-state index contributed by atoms with van der Waals surface area (Å²) in [7, 11) is 0. The maximum atomic E-state index is 12.0. The van der Waals surface area contributed by atoms with Gasteiger partial charge >= 0.3 is 0 Å². The lowest BCUT2D eigenvalue weighted by atomic mass is 9.99. The fourth-order valence-corrected chi connectivity index (χ4v) is 3.10. The van der Waals surface area contributed by atoms with E-state index in [1.54, 1.807) is 0 Å². The zero-order valence-electron chi connectivity index (χ0n) is 13.4. The number of rotatable bonds is 5. The van der Waals surface area contributed by atoms with E-state index in [4.69, 9.17) is 0 Å². The van der Waals surface area contributed by atoms with Gasteiger partial charge in [-0.2, -0.15) is 0 Å². The van der Waals surface area contributed by atoms with E-state index in [1.807, 2.05) is 0 Å². The minimum absolute atomic E-state index is 0. The van der Waals surface area contributed by atoms with Crippen LogP contribution < -0.4 is 10.6 Å². The highest BCUT2D eigenvalue weighted by Crippen LogP contribution is 2.16. The molecule has 0 aromatic heterocycles. The molecule has 3 rings (SSSR count). The SMILES string of the molecule is Cl.O=C(CCc1ccc2ccccc2c1)NCC1CCCNC1. The van der Waals surface area contributed by atoms with E-state index >= 15 is 0 Å². The predicted molar refractivity (Wildman–Crippen MR) is 98.1 cm³/mol. The molecule has 0 saturated carbocycles. The summed E-state index contributed by atoms with van der Waals surface area (Å²) in [6.07, 6.45) is 3.81. The summed E-state index contributed by atoms with van der Waals surface area (Å²) in [5.74, 6) is 0.761. The van der Waals surface area contributed by atoms with Gasteiger partial charge < -0.3 is 10.6 Å². The molecule has 1 aliphatic rings. The van der Waals surface area contributed by atoms with Crippen LogP contribution in [0.5, 0.6) is 0 Å². The summed E-state index contributed by atoms with van der Waals surface area (Å²) in [6, 6.07) is 14.8. The fourth-order valence-electron chi connectivity index (χ4n) is 3.10. The van der Waals surface area contributed by atoms with Gasteiger partial charge in [0, 0.05) is 13.0 Å². The Bertz CT molecular complexity index is 638. The lowest BCUT2D eigenvalue weighted by molar-refractivity contribution is -0.121. The molecule has 23 heavy (non-hydrogen) atoms. The van der Waals surface area contributed by atoms with Crippen LogP contribution in [-0.4, -0.2) is 25.5 Å². The van der Waals surface area contributed by atoms with E-state index in [1.165, 1.54) is 29.2 Å². The molecular formula is C19H25ClN2O. The molecule has 4 heteroatoms. The standard InChI is InChI=1S/C19H24N2O.ClH/c22-19(21-14-16-4-3-11-20-13-16)10-8-15-7-9-17-5-1-2-6-18(17)12-15;/h1-2,5-7,9,12,16,20H,3-4,8,10-11,13-14H2,(H,21,22);1H. The Hall–Kier alpha value is -1.58. The average molecular weight is 333 g/mol. The highest BCUT2D eigenvalue weighted by molar-refractivity contribution is 5.85. The predicted octanol–water partition coefficient (Wildman–Crippen LogP) is 3.31. The number of carbonyl (C=O) groups is 1. The molecule has 2 aromatic carbocycles. The number of amides is 1. The molecule has 1 unspecified atom stereocenters. The minimum Gasteiger partial charge on any atom is -0.356 e. The van der Waals surface area contributed by atoms with Crippen LogP contribution in [0.15, 0.2) is 42.5 Å². The zero-order valence-corrected chi connectivity index (χ0v) is 14.2. The van der Waals surface area contributed by atoms with Crippen molar-refractivity contribution in [3.8, 4) is 0 Å². The van der Waals surface area contributed by atoms with Crippen molar-refractivity contribution in [2.75, 3.05) is 19.6 Å². The van der Waals surface area contributed by atoms with Crippen LogP contribution in [0.25, 0.3) is 10.8 Å². The van der Waals surface area contributed by atoms with Gasteiger partial charge in [0.15, 0.2) is 0 Å². The van der Waals surface area contributed by atoms with Gasteiger partial charge in [-0.1, -0.05) is 42.5 Å². The van der Waals surface area contributed by atoms with Crippen molar-refractivity contribution >= 4 is 29.1 Å². The Balaban J connectivity index is 0.00000192. The summed E-state index contributed by atoms with van der Waals surface area (Å²) in [6.45, 7) is 2.96. The van der Waals surface area contributed by atoms with Gasteiger partial charge in [-0.15, -0.1) is 12.4 Å². The molecule has 1 fully saturated rings. The first kappa shape index (κ1) is 17.8. The molecule has 2 N–H and O–H groups in total. The summed E-state index contributed by atoms with van der Waals surface area (Å²) in [5, 5.41) is 8.96. The second-order valence-electron chi connectivity index (χ2n) is 6.20. The van der Waals surface area contributed by atoms with E-state index in [-0.39, 0.29) is 18.3 Å². The van der Waals surface area contributed by atoms with E-state index < -0.39 is 0 Å². The van der Waals surface area contributed by atoms with Crippen molar-refractivity contribution in [1.29, 1.82) is 0 Å². The molecule has 1 atom stereocenters. The van der Waals surface area contributed by atoms with Crippen molar-refractivity contribution in [2.24, 2.45) is 5.92 Å². The van der Waals surface area contributed by atoms with Crippen LogP contribution in [0.4, 0.5) is 0 Å². The summed E-state index contributed by atoms with van der Waals surface area (Å²) < 4.78 is 0. The van der Waals surface area contributed by atoms with Gasteiger partial charge in [0.2, 0.25) is 5.91 Å². The van der Waals surface area contributed by atoms with Crippen molar-refractivity contribution in [3.63, 3.8) is 0 Å². The number of hydrogen-bond donors (Lipinski definition) is 2. The number of hydrogen-bond acceptors (Lipinski definition) is 2. The Morgan fingerprint density at radius 2 is 2.00 bits per heavy atom. The molecule has 1 aliphatic heterocycles. The minimum atomic E-state index is 0. The third-order valence-electron chi connectivity index (χ3n) is 4.44. The van der Waals surface area contributed by atoms with Crippen molar-refractivity contribution in [1.82, 2.24) is 10.6 Å². The normalized spacial score (nSPS) is 17.5. The fraction of sp³-hybridized carbons (Fsp3) is 0.421. The number of halogens is 1. The van der Waals surface area contributed by atoms with Crippen LogP contribution in [0.1, 0.15) is 24.8 Å². The topological polar surface area (TPSA) is 41.1 Å². The monoisotopic (exact) mass is 332 g/mol. The second kappa shape index (κ2) is 8.90.